The van der Waals surface area contributed by atoms with Gasteiger partial charge in [0, 0.05) is 11.8 Å². The summed E-state index contributed by atoms with van der Waals surface area (Å²) in [5.74, 6) is 1.09. The van der Waals surface area contributed by atoms with E-state index in [1.54, 1.807) is 22.9 Å². The lowest BCUT2D eigenvalue weighted by molar-refractivity contribution is -0.113. The molecule has 1 amide bonds. The molecule has 1 aliphatic rings. The van der Waals surface area contributed by atoms with Gasteiger partial charge in [0.05, 0.1) is 17.6 Å². The van der Waals surface area contributed by atoms with Gasteiger partial charge in [-0.3, -0.25) is 9.59 Å². The summed E-state index contributed by atoms with van der Waals surface area (Å²) in [4.78, 5) is 32.3. The molecule has 0 atom stereocenters. The molecule has 5 rings (SSSR count). The minimum Gasteiger partial charge on any atom is -0.486 e. The van der Waals surface area contributed by atoms with Gasteiger partial charge in [-0.1, -0.05) is 17.8 Å². The van der Waals surface area contributed by atoms with Gasteiger partial charge in [0.2, 0.25) is 5.91 Å². The highest BCUT2D eigenvalue weighted by Gasteiger charge is 2.15. The van der Waals surface area contributed by atoms with Crippen LogP contribution in [0.3, 0.4) is 0 Å². The smallest absolute Gasteiger partial charge is 0.262 e. The van der Waals surface area contributed by atoms with Crippen LogP contribution in [0.15, 0.2) is 52.5 Å². The second-order valence-electron chi connectivity index (χ2n) is 7.63. The normalized spacial score (nSPS) is 12.7. The summed E-state index contributed by atoms with van der Waals surface area (Å²) >= 11 is 1.14. The quantitative estimate of drug-likeness (QED) is 0.345. The molecular weight excluding hydrogens is 442 g/mol. The Balaban J connectivity index is 1.33. The number of nitrogens with one attached hydrogen (secondary N) is 2. The first-order valence-electron chi connectivity index (χ1n) is 10.4. The third kappa shape index (κ3) is 4.29. The summed E-state index contributed by atoms with van der Waals surface area (Å²) in [5.41, 5.74) is 3.85. The molecule has 9 nitrogen and oxygen atoms in total. The van der Waals surface area contributed by atoms with Gasteiger partial charge in [-0.25, -0.2) is 9.67 Å². The molecule has 1 aliphatic heterocycles. The molecule has 2 N–H and O–H groups in total. The monoisotopic (exact) mass is 463 g/mol. The molecule has 0 saturated carbocycles. The van der Waals surface area contributed by atoms with E-state index in [9.17, 15) is 9.59 Å². The fourth-order valence-corrected chi connectivity index (χ4v) is 4.12. The van der Waals surface area contributed by atoms with Crippen molar-refractivity contribution >= 4 is 34.4 Å². The summed E-state index contributed by atoms with van der Waals surface area (Å²) in [7, 11) is 0. The van der Waals surface area contributed by atoms with Crippen LogP contribution in [-0.2, 0) is 4.79 Å². The third-order valence-electron chi connectivity index (χ3n) is 5.32. The van der Waals surface area contributed by atoms with Gasteiger partial charge in [0.15, 0.2) is 22.3 Å². The van der Waals surface area contributed by atoms with Crippen LogP contribution in [0.2, 0.25) is 0 Å². The van der Waals surface area contributed by atoms with E-state index in [4.69, 9.17) is 9.47 Å². The molecule has 33 heavy (non-hydrogen) atoms. The predicted octanol–water partition coefficient (Wildman–Crippen LogP) is 3.23. The zero-order valence-corrected chi connectivity index (χ0v) is 18.9. The number of aromatic amines is 1. The summed E-state index contributed by atoms with van der Waals surface area (Å²) in [6.07, 6.45) is 1.50. The first-order chi connectivity index (χ1) is 16.0. The number of H-pyrrole nitrogens is 1. The van der Waals surface area contributed by atoms with E-state index >= 15 is 0 Å². The van der Waals surface area contributed by atoms with Crippen molar-refractivity contribution in [3.8, 4) is 17.2 Å². The average molecular weight is 464 g/mol. The zero-order chi connectivity index (χ0) is 22.9. The van der Waals surface area contributed by atoms with Crippen molar-refractivity contribution in [1.82, 2.24) is 19.7 Å². The molecule has 2 aromatic carbocycles. The first kappa shape index (κ1) is 21.1. The van der Waals surface area contributed by atoms with Crippen molar-refractivity contribution in [2.45, 2.75) is 19.0 Å². The fraction of sp³-hybridized carbons (Fsp3) is 0.217. The van der Waals surface area contributed by atoms with Gasteiger partial charge in [0.1, 0.15) is 18.6 Å². The number of hydrogen-bond acceptors (Lipinski definition) is 7. The van der Waals surface area contributed by atoms with Gasteiger partial charge in [-0.05, 0) is 49.2 Å². The molecule has 0 bridgehead atoms. The van der Waals surface area contributed by atoms with Crippen LogP contribution in [0, 0.1) is 13.8 Å². The zero-order valence-electron chi connectivity index (χ0n) is 18.0. The number of fused-ring (bicyclic) bond motifs is 2. The van der Waals surface area contributed by atoms with E-state index in [0.717, 1.165) is 23.0 Å². The van der Waals surface area contributed by atoms with Crippen LogP contribution in [0.4, 0.5) is 5.69 Å². The van der Waals surface area contributed by atoms with Crippen molar-refractivity contribution < 1.29 is 14.3 Å². The van der Waals surface area contributed by atoms with Crippen LogP contribution in [-0.4, -0.2) is 44.6 Å². The van der Waals surface area contributed by atoms with E-state index in [1.165, 1.54) is 11.8 Å². The van der Waals surface area contributed by atoms with Gasteiger partial charge >= 0.3 is 0 Å². The standard InChI is InChI=1S/C23H21N5O4S/c1-13-3-5-16(9-14(13)2)28-21-17(11-24-28)22(30)27-23(26-21)33-12-20(29)25-15-4-6-18-19(10-15)32-8-7-31-18/h3-6,9-11H,7-8,12H2,1-2H3,(H,25,29)(H,26,27,30). The van der Waals surface area contributed by atoms with E-state index in [0.29, 0.717) is 46.6 Å². The number of ether oxygens (including phenoxy) is 2. The number of carbonyl (C=O) groups is 1. The van der Waals surface area contributed by atoms with E-state index in [-0.39, 0.29) is 17.2 Å². The number of rotatable bonds is 5. The van der Waals surface area contributed by atoms with Crippen LogP contribution >= 0.6 is 11.8 Å². The topological polar surface area (TPSA) is 111 Å². The Morgan fingerprint density at radius 1 is 1.12 bits per heavy atom. The molecule has 0 fully saturated rings. The van der Waals surface area contributed by atoms with Crippen molar-refractivity contribution in [2.75, 3.05) is 24.3 Å². The van der Waals surface area contributed by atoms with Crippen LogP contribution < -0.4 is 20.3 Å². The minimum absolute atomic E-state index is 0.0701. The van der Waals surface area contributed by atoms with Gasteiger partial charge in [-0.15, -0.1) is 0 Å². The lowest BCUT2D eigenvalue weighted by Crippen LogP contribution is -2.17. The SMILES string of the molecule is Cc1ccc(-n2ncc3c(=O)[nH]c(SCC(=O)Nc4ccc5c(c4)OCCO5)nc32)cc1C. The van der Waals surface area contributed by atoms with Crippen molar-refractivity contribution in [1.29, 1.82) is 0 Å². The summed E-state index contributed by atoms with van der Waals surface area (Å²) in [6, 6.07) is 11.2. The number of aryl methyl sites for hydroxylation is 2. The van der Waals surface area contributed by atoms with Crippen molar-refractivity contribution in [2.24, 2.45) is 0 Å². The Bertz CT molecular complexity index is 1430. The molecule has 4 aromatic rings. The van der Waals surface area contributed by atoms with E-state index in [1.807, 2.05) is 32.0 Å². The Hall–Kier alpha value is -3.79. The second-order valence-corrected chi connectivity index (χ2v) is 8.59. The fourth-order valence-electron chi connectivity index (χ4n) is 3.47. The van der Waals surface area contributed by atoms with Crippen LogP contribution in [0.25, 0.3) is 16.7 Å². The van der Waals surface area contributed by atoms with Crippen molar-refractivity contribution in [3.63, 3.8) is 0 Å². The third-order valence-corrected chi connectivity index (χ3v) is 6.19. The molecule has 2 aromatic heterocycles. The molecule has 0 spiro atoms. The number of amides is 1. The molecule has 10 heteroatoms. The highest BCUT2D eigenvalue weighted by Crippen LogP contribution is 2.32. The number of benzene rings is 2. The predicted molar refractivity (Wildman–Crippen MR) is 126 cm³/mol. The molecule has 3 heterocycles. The Morgan fingerprint density at radius 3 is 2.76 bits per heavy atom. The number of thioether (sulfide) groups is 1. The molecule has 0 unspecified atom stereocenters. The highest BCUT2D eigenvalue weighted by molar-refractivity contribution is 7.99. The van der Waals surface area contributed by atoms with Crippen molar-refractivity contribution in [3.05, 3.63) is 64.1 Å². The van der Waals surface area contributed by atoms with Crippen LogP contribution in [0.5, 0.6) is 11.5 Å². The van der Waals surface area contributed by atoms with Crippen LogP contribution in [0.1, 0.15) is 11.1 Å². The molecular formula is C23H21N5O4S. The first-order valence-corrected chi connectivity index (χ1v) is 11.3. The second kappa shape index (κ2) is 8.62. The Labute approximate surface area is 193 Å². The number of carbonyl (C=O) groups excluding carboxylic acids is 1. The molecule has 0 saturated heterocycles. The number of anilines is 1. The maximum Gasteiger partial charge on any atom is 0.262 e. The largest absolute Gasteiger partial charge is 0.486 e. The molecule has 168 valence electrons. The lowest BCUT2D eigenvalue weighted by atomic mass is 10.1. The maximum absolute atomic E-state index is 12.5. The summed E-state index contributed by atoms with van der Waals surface area (Å²) in [6.45, 7) is 5.04. The number of aromatic nitrogens is 4. The summed E-state index contributed by atoms with van der Waals surface area (Å²) in [5, 5.41) is 7.90. The molecule has 0 radical (unpaired) electrons. The minimum atomic E-state index is -0.301. The Kier molecular flexibility index (Phi) is 5.51. The summed E-state index contributed by atoms with van der Waals surface area (Å²) < 4.78 is 12.7. The van der Waals surface area contributed by atoms with Gasteiger partial charge in [-0.2, -0.15) is 5.10 Å². The highest BCUT2D eigenvalue weighted by atomic mass is 32.2. The van der Waals surface area contributed by atoms with Gasteiger partial charge in [0.25, 0.3) is 5.56 Å². The Morgan fingerprint density at radius 2 is 1.94 bits per heavy atom. The molecule has 0 aliphatic carbocycles. The van der Waals surface area contributed by atoms with E-state index < -0.39 is 0 Å². The van der Waals surface area contributed by atoms with Gasteiger partial charge < -0.3 is 19.8 Å². The average Bonchev–Trinajstić information content (AvgIpc) is 3.24. The number of nitrogens with zero attached hydrogens (tertiary/aromatic N) is 3. The maximum atomic E-state index is 12.5. The van der Waals surface area contributed by atoms with E-state index in [2.05, 4.69) is 20.4 Å². The number of hydrogen-bond donors (Lipinski definition) is 2. The lowest BCUT2D eigenvalue weighted by Gasteiger charge is -2.18.